The Balaban J connectivity index is 2.59. The highest BCUT2D eigenvalue weighted by Crippen LogP contribution is 1.99. The summed E-state index contributed by atoms with van der Waals surface area (Å²) in [7, 11) is 0. The van der Waals surface area contributed by atoms with Gasteiger partial charge >= 0.3 is 0 Å². The Bertz CT molecular complexity index is 184. The van der Waals surface area contributed by atoms with Gasteiger partial charge in [0.15, 0.2) is 0 Å². The van der Waals surface area contributed by atoms with Crippen LogP contribution in [-0.2, 0) is 6.42 Å². The molecule has 0 saturated carbocycles. The molecule has 0 amide bonds. The molecule has 1 rings (SSSR count). The largest absolute Gasteiger partial charge is 0.393 e. The van der Waals surface area contributed by atoms with Gasteiger partial charge in [-0.15, -0.1) is 0 Å². The first kappa shape index (κ1) is 7.22. The van der Waals surface area contributed by atoms with E-state index in [-0.39, 0.29) is 6.10 Å². The van der Waals surface area contributed by atoms with Crippen LogP contribution < -0.4 is 0 Å². The van der Waals surface area contributed by atoms with E-state index in [1.807, 2.05) is 12.1 Å². The lowest BCUT2D eigenvalue weighted by Gasteiger charge is -2.01. The lowest BCUT2D eigenvalue weighted by molar-refractivity contribution is 0.195. The molecule has 0 unspecified atom stereocenters. The zero-order chi connectivity index (χ0) is 7.40. The summed E-state index contributed by atoms with van der Waals surface area (Å²) < 4.78 is 0. The number of hydrogen-bond acceptors (Lipinski definition) is 2. The first-order valence-corrected chi connectivity index (χ1v) is 3.36. The molecule has 0 aliphatic heterocycles. The summed E-state index contributed by atoms with van der Waals surface area (Å²) in [5.41, 5.74) is 1.08. The third-order valence-electron chi connectivity index (χ3n) is 1.25. The average molecular weight is 137 g/mol. The van der Waals surface area contributed by atoms with E-state index in [0.29, 0.717) is 6.42 Å². The van der Waals surface area contributed by atoms with E-state index in [9.17, 15) is 0 Å². The fraction of sp³-hybridized carbons (Fsp3) is 0.375. The quantitative estimate of drug-likeness (QED) is 0.659. The van der Waals surface area contributed by atoms with E-state index in [1.54, 1.807) is 19.3 Å². The van der Waals surface area contributed by atoms with Crippen LogP contribution in [0.3, 0.4) is 0 Å². The molecule has 1 N–H and O–H groups in total. The standard InChI is InChI=1S/C8H11NO/c1-7(10)5-8-3-2-4-9-6-8/h2-4,6-7,10H,5H2,1H3/t7-/m1/s1. The van der Waals surface area contributed by atoms with Gasteiger partial charge in [-0.25, -0.2) is 0 Å². The van der Waals surface area contributed by atoms with E-state index in [0.717, 1.165) is 5.56 Å². The number of rotatable bonds is 2. The maximum atomic E-state index is 8.98. The van der Waals surface area contributed by atoms with Gasteiger partial charge in [0.2, 0.25) is 0 Å². The van der Waals surface area contributed by atoms with Crippen molar-refractivity contribution in [1.82, 2.24) is 4.98 Å². The minimum absolute atomic E-state index is 0.274. The molecule has 0 saturated heterocycles. The second-order valence-corrected chi connectivity index (χ2v) is 2.41. The minimum atomic E-state index is -0.274. The molecule has 0 spiro atoms. The van der Waals surface area contributed by atoms with E-state index in [4.69, 9.17) is 5.11 Å². The summed E-state index contributed by atoms with van der Waals surface area (Å²) in [6.07, 6.45) is 3.91. The normalized spacial score (nSPS) is 13.0. The molecular weight excluding hydrogens is 126 g/mol. The van der Waals surface area contributed by atoms with Crippen molar-refractivity contribution in [3.8, 4) is 0 Å². The Morgan fingerprint density at radius 1 is 1.70 bits per heavy atom. The second kappa shape index (κ2) is 3.32. The number of aliphatic hydroxyl groups excluding tert-OH is 1. The Hall–Kier alpha value is -0.890. The van der Waals surface area contributed by atoms with Crippen molar-refractivity contribution < 1.29 is 5.11 Å². The van der Waals surface area contributed by atoms with Crippen LogP contribution >= 0.6 is 0 Å². The molecule has 0 aromatic carbocycles. The van der Waals surface area contributed by atoms with E-state index < -0.39 is 0 Å². The molecule has 0 bridgehead atoms. The highest BCUT2D eigenvalue weighted by molar-refractivity contribution is 5.08. The van der Waals surface area contributed by atoms with Gasteiger partial charge < -0.3 is 5.11 Å². The molecule has 2 heteroatoms. The summed E-state index contributed by atoms with van der Waals surface area (Å²) in [6.45, 7) is 1.77. The van der Waals surface area contributed by atoms with Crippen molar-refractivity contribution in [2.24, 2.45) is 0 Å². The van der Waals surface area contributed by atoms with E-state index >= 15 is 0 Å². The van der Waals surface area contributed by atoms with Crippen LogP contribution in [0.5, 0.6) is 0 Å². The molecule has 0 aliphatic rings. The van der Waals surface area contributed by atoms with Gasteiger partial charge in [-0.05, 0) is 25.0 Å². The van der Waals surface area contributed by atoms with Crippen LogP contribution in [-0.4, -0.2) is 16.2 Å². The van der Waals surface area contributed by atoms with Crippen molar-refractivity contribution in [2.75, 3.05) is 0 Å². The van der Waals surface area contributed by atoms with Crippen LogP contribution in [0.2, 0.25) is 0 Å². The Morgan fingerprint density at radius 2 is 2.50 bits per heavy atom. The van der Waals surface area contributed by atoms with E-state index in [1.165, 1.54) is 0 Å². The van der Waals surface area contributed by atoms with Crippen LogP contribution in [0.25, 0.3) is 0 Å². The molecule has 0 fully saturated rings. The summed E-state index contributed by atoms with van der Waals surface area (Å²) >= 11 is 0. The molecule has 0 aliphatic carbocycles. The Kier molecular flexibility index (Phi) is 2.40. The predicted molar refractivity (Wildman–Crippen MR) is 39.6 cm³/mol. The van der Waals surface area contributed by atoms with Crippen molar-refractivity contribution in [1.29, 1.82) is 0 Å². The number of aromatic nitrogens is 1. The number of aliphatic hydroxyl groups is 1. The summed E-state index contributed by atoms with van der Waals surface area (Å²) in [5, 5.41) is 8.98. The highest BCUT2D eigenvalue weighted by Gasteiger charge is 1.96. The van der Waals surface area contributed by atoms with Crippen molar-refractivity contribution in [3.63, 3.8) is 0 Å². The molecule has 1 heterocycles. The molecule has 1 aromatic heterocycles. The maximum Gasteiger partial charge on any atom is 0.0553 e. The molecule has 10 heavy (non-hydrogen) atoms. The Labute approximate surface area is 60.5 Å². The zero-order valence-corrected chi connectivity index (χ0v) is 5.99. The predicted octanol–water partition coefficient (Wildman–Crippen LogP) is 1.00. The third kappa shape index (κ3) is 2.15. The topological polar surface area (TPSA) is 33.1 Å². The van der Waals surface area contributed by atoms with E-state index in [2.05, 4.69) is 4.98 Å². The SMILES string of the molecule is C[C@@H](O)Cc1cccnc1. The third-order valence-corrected chi connectivity index (χ3v) is 1.25. The molecule has 2 nitrogen and oxygen atoms in total. The number of nitrogens with zero attached hydrogens (tertiary/aromatic N) is 1. The summed E-state index contributed by atoms with van der Waals surface area (Å²) in [5.74, 6) is 0. The van der Waals surface area contributed by atoms with Crippen LogP contribution in [0, 0.1) is 0 Å². The lowest BCUT2D eigenvalue weighted by atomic mass is 10.1. The minimum Gasteiger partial charge on any atom is -0.393 e. The average Bonchev–Trinajstić information content (AvgIpc) is 1.88. The highest BCUT2D eigenvalue weighted by atomic mass is 16.3. The zero-order valence-electron chi connectivity index (χ0n) is 5.99. The molecule has 54 valence electrons. The van der Waals surface area contributed by atoms with Gasteiger partial charge in [-0.2, -0.15) is 0 Å². The first-order chi connectivity index (χ1) is 4.79. The molecular formula is C8H11NO. The molecule has 1 atom stereocenters. The monoisotopic (exact) mass is 137 g/mol. The van der Waals surface area contributed by atoms with Gasteiger partial charge in [0.05, 0.1) is 6.10 Å². The van der Waals surface area contributed by atoms with Crippen LogP contribution in [0.15, 0.2) is 24.5 Å². The second-order valence-electron chi connectivity index (χ2n) is 2.41. The Morgan fingerprint density at radius 3 is 3.00 bits per heavy atom. The smallest absolute Gasteiger partial charge is 0.0553 e. The van der Waals surface area contributed by atoms with Gasteiger partial charge in [-0.3, -0.25) is 4.98 Å². The fourth-order valence-corrected chi connectivity index (χ4v) is 0.860. The van der Waals surface area contributed by atoms with Crippen LogP contribution in [0.1, 0.15) is 12.5 Å². The summed E-state index contributed by atoms with van der Waals surface area (Å²) in [4.78, 5) is 3.93. The van der Waals surface area contributed by atoms with Crippen LogP contribution in [0.4, 0.5) is 0 Å². The van der Waals surface area contributed by atoms with Gasteiger partial charge in [0.25, 0.3) is 0 Å². The van der Waals surface area contributed by atoms with Gasteiger partial charge in [0, 0.05) is 12.4 Å². The molecule has 0 radical (unpaired) electrons. The van der Waals surface area contributed by atoms with Gasteiger partial charge in [0.1, 0.15) is 0 Å². The number of pyridine rings is 1. The first-order valence-electron chi connectivity index (χ1n) is 3.36. The summed E-state index contributed by atoms with van der Waals surface area (Å²) in [6, 6.07) is 3.83. The van der Waals surface area contributed by atoms with Gasteiger partial charge in [-0.1, -0.05) is 6.07 Å². The number of hydrogen-bond donors (Lipinski definition) is 1. The lowest BCUT2D eigenvalue weighted by Crippen LogP contribution is -2.03. The fourth-order valence-electron chi connectivity index (χ4n) is 0.860. The molecule has 1 aromatic rings. The van der Waals surface area contributed by atoms with Crippen molar-refractivity contribution in [2.45, 2.75) is 19.4 Å². The maximum absolute atomic E-state index is 8.98. The van der Waals surface area contributed by atoms with Crippen molar-refractivity contribution >= 4 is 0 Å². The van der Waals surface area contributed by atoms with Crippen molar-refractivity contribution in [3.05, 3.63) is 30.1 Å².